The second kappa shape index (κ2) is 7.23. The molecule has 112 valence electrons. The van der Waals surface area contributed by atoms with Gasteiger partial charge in [-0.25, -0.2) is 4.39 Å². The Hall–Kier alpha value is -1.13. The zero-order chi connectivity index (χ0) is 15.4. The number of likely N-dealkylation sites (N-methyl/N-ethyl adjacent to an activating group) is 1. The van der Waals surface area contributed by atoms with Crippen LogP contribution in [0.3, 0.4) is 0 Å². The van der Waals surface area contributed by atoms with Gasteiger partial charge in [0.1, 0.15) is 5.82 Å². The van der Waals surface area contributed by atoms with Gasteiger partial charge in [-0.2, -0.15) is 0 Å². The number of hydrogen-bond acceptors (Lipinski definition) is 2. The van der Waals surface area contributed by atoms with E-state index in [1.54, 1.807) is 24.3 Å². The fraction of sp³-hybridized carbons (Fsp3) is 0.250. The van der Waals surface area contributed by atoms with Crippen molar-refractivity contribution >= 4 is 23.2 Å². The van der Waals surface area contributed by atoms with E-state index in [0.717, 1.165) is 11.1 Å². The molecule has 0 amide bonds. The normalized spacial score (nSPS) is 12.7. The van der Waals surface area contributed by atoms with Gasteiger partial charge in [0.2, 0.25) is 0 Å². The average molecular weight is 327 g/mol. The fourth-order valence-corrected chi connectivity index (χ4v) is 3.03. The lowest BCUT2D eigenvalue weighted by Gasteiger charge is -2.28. The van der Waals surface area contributed by atoms with Crippen LogP contribution in [-0.2, 0) is 6.54 Å². The molecular formula is C16H17Cl2FN2. The Morgan fingerprint density at radius 1 is 1.14 bits per heavy atom. The molecule has 2 N–H and O–H groups in total. The summed E-state index contributed by atoms with van der Waals surface area (Å²) in [5.41, 5.74) is 7.58. The van der Waals surface area contributed by atoms with Crippen molar-refractivity contribution in [3.05, 3.63) is 69.5 Å². The van der Waals surface area contributed by atoms with Crippen molar-refractivity contribution in [2.24, 2.45) is 5.73 Å². The molecule has 0 aliphatic heterocycles. The Kier molecular flexibility index (Phi) is 5.59. The van der Waals surface area contributed by atoms with E-state index in [-0.39, 0.29) is 11.9 Å². The molecule has 0 aliphatic rings. The molecule has 0 saturated carbocycles. The molecule has 5 heteroatoms. The quantitative estimate of drug-likeness (QED) is 0.889. The molecule has 0 fully saturated rings. The lowest BCUT2D eigenvalue weighted by Crippen LogP contribution is -2.30. The Balaban J connectivity index is 2.25. The molecule has 1 atom stereocenters. The van der Waals surface area contributed by atoms with Crippen LogP contribution in [0.4, 0.5) is 4.39 Å². The fourth-order valence-electron chi connectivity index (χ4n) is 2.38. The maximum absolute atomic E-state index is 13.3. The van der Waals surface area contributed by atoms with Crippen LogP contribution in [0, 0.1) is 5.82 Å². The van der Waals surface area contributed by atoms with Crippen molar-refractivity contribution < 1.29 is 4.39 Å². The first-order valence-electron chi connectivity index (χ1n) is 6.61. The second-order valence-electron chi connectivity index (χ2n) is 4.93. The summed E-state index contributed by atoms with van der Waals surface area (Å²) in [5, 5.41) is 1.17. The Labute approximate surface area is 134 Å². The first-order valence-corrected chi connectivity index (χ1v) is 7.37. The van der Waals surface area contributed by atoms with E-state index < -0.39 is 0 Å². The minimum absolute atomic E-state index is 0.130. The van der Waals surface area contributed by atoms with Crippen LogP contribution in [-0.4, -0.2) is 18.5 Å². The third kappa shape index (κ3) is 3.95. The van der Waals surface area contributed by atoms with Crippen LogP contribution in [0.1, 0.15) is 17.2 Å². The third-order valence-electron chi connectivity index (χ3n) is 3.41. The Morgan fingerprint density at radius 3 is 2.33 bits per heavy atom. The van der Waals surface area contributed by atoms with Crippen LogP contribution >= 0.6 is 23.2 Å². The molecule has 0 radical (unpaired) electrons. The van der Waals surface area contributed by atoms with Crippen molar-refractivity contribution in [3.8, 4) is 0 Å². The van der Waals surface area contributed by atoms with Gasteiger partial charge in [0, 0.05) is 28.7 Å². The predicted molar refractivity (Wildman–Crippen MR) is 86.1 cm³/mol. The summed E-state index contributed by atoms with van der Waals surface area (Å²) in [6.07, 6.45) is 0. The molecular weight excluding hydrogens is 310 g/mol. The van der Waals surface area contributed by atoms with Crippen molar-refractivity contribution in [3.63, 3.8) is 0 Å². The molecule has 2 aromatic carbocycles. The molecule has 2 aromatic rings. The van der Waals surface area contributed by atoms with Crippen LogP contribution < -0.4 is 5.73 Å². The van der Waals surface area contributed by atoms with Crippen LogP contribution in [0.5, 0.6) is 0 Å². The first-order chi connectivity index (χ1) is 10.0. The van der Waals surface area contributed by atoms with E-state index in [9.17, 15) is 4.39 Å². The van der Waals surface area contributed by atoms with Gasteiger partial charge in [0.05, 0.1) is 6.04 Å². The van der Waals surface area contributed by atoms with E-state index >= 15 is 0 Å². The average Bonchev–Trinajstić information content (AvgIpc) is 2.43. The van der Waals surface area contributed by atoms with Crippen molar-refractivity contribution in [1.82, 2.24) is 4.90 Å². The summed E-state index contributed by atoms with van der Waals surface area (Å²) in [4.78, 5) is 2.02. The molecule has 0 saturated heterocycles. The van der Waals surface area contributed by atoms with Gasteiger partial charge in [-0.05, 0) is 36.9 Å². The highest BCUT2D eigenvalue weighted by atomic mass is 35.5. The molecule has 21 heavy (non-hydrogen) atoms. The summed E-state index contributed by atoms with van der Waals surface area (Å²) >= 11 is 12.5. The van der Waals surface area contributed by atoms with E-state index in [1.165, 1.54) is 12.1 Å². The van der Waals surface area contributed by atoms with Crippen LogP contribution in [0.15, 0.2) is 42.5 Å². The smallest absolute Gasteiger partial charge is 0.123 e. The molecule has 1 unspecified atom stereocenters. The summed E-state index contributed by atoms with van der Waals surface area (Å²) in [6, 6.07) is 11.8. The summed E-state index contributed by atoms with van der Waals surface area (Å²) in [6.45, 7) is 0.927. The van der Waals surface area contributed by atoms with Crippen molar-refractivity contribution in [2.75, 3.05) is 13.6 Å². The van der Waals surface area contributed by atoms with Gasteiger partial charge in [-0.3, -0.25) is 4.90 Å². The van der Waals surface area contributed by atoms with Gasteiger partial charge in [0.25, 0.3) is 0 Å². The highest BCUT2D eigenvalue weighted by Crippen LogP contribution is 2.33. The topological polar surface area (TPSA) is 29.3 Å². The number of rotatable bonds is 5. The molecule has 0 aliphatic carbocycles. The van der Waals surface area contributed by atoms with Crippen molar-refractivity contribution in [2.45, 2.75) is 12.6 Å². The molecule has 0 aromatic heterocycles. The van der Waals surface area contributed by atoms with Gasteiger partial charge < -0.3 is 5.73 Å². The maximum Gasteiger partial charge on any atom is 0.123 e. The van der Waals surface area contributed by atoms with E-state index in [2.05, 4.69) is 0 Å². The maximum atomic E-state index is 13.3. The summed E-state index contributed by atoms with van der Waals surface area (Å²) < 4.78 is 13.3. The number of hydrogen-bond donors (Lipinski definition) is 1. The standard InChI is InChI=1S/C16H17Cl2FN2/c1-21(10-11-4-2-5-12(19)8-11)15(9-20)16-13(17)6-3-7-14(16)18/h2-8,15H,9-10,20H2,1H3. The number of nitrogens with two attached hydrogens (primary N) is 1. The highest BCUT2D eigenvalue weighted by Gasteiger charge is 2.21. The van der Waals surface area contributed by atoms with E-state index in [4.69, 9.17) is 28.9 Å². The number of halogens is 3. The van der Waals surface area contributed by atoms with Gasteiger partial charge in [0.15, 0.2) is 0 Å². The van der Waals surface area contributed by atoms with Gasteiger partial charge in [-0.1, -0.05) is 41.4 Å². The number of nitrogens with zero attached hydrogens (tertiary/aromatic N) is 1. The Bertz CT molecular complexity index is 599. The lowest BCUT2D eigenvalue weighted by atomic mass is 10.0. The molecule has 0 spiro atoms. The molecule has 2 rings (SSSR count). The highest BCUT2D eigenvalue weighted by molar-refractivity contribution is 6.36. The van der Waals surface area contributed by atoms with Crippen molar-refractivity contribution in [1.29, 1.82) is 0 Å². The zero-order valence-electron chi connectivity index (χ0n) is 11.7. The molecule has 0 bridgehead atoms. The summed E-state index contributed by atoms with van der Waals surface area (Å²) in [7, 11) is 1.92. The predicted octanol–water partition coefficient (Wildman–Crippen LogP) is 4.26. The van der Waals surface area contributed by atoms with Gasteiger partial charge >= 0.3 is 0 Å². The zero-order valence-corrected chi connectivity index (χ0v) is 13.2. The minimum atomic E-state index is -0.249. The van der Waals surface area contributed by atoms with Crippen LogP contribution in [0.2, 0.25) is 10.0 Å². The molecule has 0 heterocycles. The van der Waals surface area contributed by atoms with Crippen LogP contribution in [0.25, 0.3) is 0 Å². The van der Waals surface area contributed by atoms with Gasteiger partial charge in [-0.15, -0.1) is 0 Å². The van der Waals surface area contributed by atoms with E-state index in [1.807, 2.05) is 18.0 Å². The Morgan fingerprint density at radius 2 is 1.76 bits per heavy atom. The van der Waals surface area contributed by atoms with E-state index in [0.29, 0.717) is 23.1 Å². The first kappa shape index (κ1) is 16.2. The summed E-state index contributed by atoms with van der Waals surface area (Å²) in [5.74, 6) is -0.249. The SMILES string of the molecule is CN(Cc1cccc(F)c1)C(CN)c1c(Cl)cccc1Cl. The lowest BCUT2D eigenvalue weighted by molar-refractivity contribution is 0.241. The largest absolute Gasteiger partial charge is 0.329 e. The molecule has 2 nitrogen and oxygen atoms in total. The number of benzene rings is 2. The monoisotopic (exact) mass is 326 g/mol. The third-order valence-corrected chi connectivity index (χ3v) is 4.07. The minimum Gasteiger partial charge on any atom is -0.329 e. The second-order valence-corrected chi connectivity index (χ2v) is 5.75.